The fourth-order valence-electron chi connectivity index (χ4n) is 2.48. The molecule has 0 aromatic heterocycles. The van der Waals surface area contributed by atoms with Gasteiger partial charge in [0.15, 0.2) is 0 Å². The summed E-state index contributed by atoms with van der Waals surface area (Å²) in [4.78, 5) is 28.1. The van der Waals surface area contributed by atoms with Crippen molar-refractivity contribution in [2.45, 2.75) is 96.8 Å². The number of hydrogen-bond acceptors (Lipinski definition) is 4. The first-order chi connectivity index (χ1) is 11.2. The second kappa shape index (κ2) is 22.2. The summed E-state index contributed by atoms with van der Waals surface area (Å²) in [6.45, 7) is 2.25. The molecule has 0 amide bonds. The zero-order valence-electron chi connectivity index (χ0n) is 14.7. The predicted octanol–water partition coefficient (Wildman–Crippen LogP) is 5.13. The first-order valence-corrected chi connectivity index (χ1v) is 10.4. The number of rotatable bonds is 16. The molecule has 0 aliphatic carbocycles. The van der Waals surface area contributed by atoms with E-state index >= 15 is 0 Å². The summed E-state index contributed by atoms with van der Waals surface area (Å²) >= 11 is 0. The van der Waals surface area contributed by atoms with E-state index in [1.165, 1.54) is 57.8 Å². The summed E-state index contributed by atoms with van der Waals surface area (Å²) in [5.74, 6) is -0.515. The van der Waals surface area contributed by atoms with Gasteiger partial charge in [-0.3, -0.25) is 4.79 Å². The Kier molecular flexibility index (Phi) is 25.4. The quantitative estimate of drug-likeness (QED) is 0.167. The van der Waals surface area contributed by atoms with Gasteiger partial charge >= 0.3 is 66.0 Å². The zero-order chi connectivity index (χ0) is 17.2. The van der Waals surface area contributed by atoms with Crippen molar-refractivity contribution in [3.63, 3.8) is 0 Å². The predicted molar refractivity (Wildman–Crippen MR) is 104 cm³/mol. The van der Waals surface area contributed by atoms with E-state index in [9.17, 15) is 4.79 Å². The number of allylic oxidation sites excluding steroid dienone is 2. The standard InChI is InChI=1S/C18H35O4P.K.H/c1-2-3-4-5-6-7-8-9-10-11-12-13-14-15-16-17-18(19)22-23(20)21;;/h9-10,20-21H,2-8,11-17H2,1H3;;. The molecule has 4 nitrogen and oxygen atoms in total. The first kappa shape index (κ1) is 27.4. The zero-order valence-corrected chi connectivity index (χ0v) is 15.6. The van der Waals surface area contributed by atoms with Gasteiger partial charge in [-0.25, -0.2) is 0 Å². The fourth-order valence-corrected chi connectivity index (χ4v) is 2.75. The Hall–Kier alpha value is 1.20. The van der Waals surface area contributed by atoms with Gasteiger partial charge in [-0.2, -0.15) is 0 Å². The molecule has 0 aromatic carbocycles. The molecule has 0 unspecified atom stereocenters. The SMILES string of the molecule is CCCCCCCCC=CCCCCCCCC(=O)OP(O)O.[KH]. The molecular weight excluding hydrogens is 350 g/mol. The van der Waals surface area contributed by atoms with E-state index in [0.717, 1.165) is 25.7 Å². The molecule has 0 bridgehead atoms. The summed E-state index contributed by atoms with van der Waals surface area (Å²) in [6, 6.07) is 0. The average molecular weight is 387 g/mol. The van der Waals surface area contributed by atoms with Crippen molar-refractivity contribution in [3.8, 4) is 0 Å². The number of unbranched alkanes of at least 4 members (excludes halogenated alkanes) is 11. The van der Waals surface area contributed by atoms with Gasteiger partial charge in [0.1, 0.15) is 0 Å². The van der Waals surface area contributed by atoms with Crippen molar-refractivity contribution in [2.75, 3.05) is 0 Å². The summed E-state index contributed by atoms with van der Waals surface area (Å²) in [5, 5.41) is 0. The van der Waals surface area contributed by atoms with E-state index in [0.29, 0.717) is 0 Å². The van der Waals surface area contributed by atoms with Crippen LogP contribution in [0.1, 0.15) is 96.8 Å². The van der Waals surface area contributed by atoms with Crippen LogP contribution in [0.4, 0.5) is 0 Å². The summed E-state index contributed by atoms with van der Waals surface area (Å²) < 4.78 is 4.30. The minimum atomic E-state index is -2.54. The van der Waals surface area contributed by atoms with Gasteiger partial charge in [-0.05, 0) is 32.1 Å². The Morgan fingerprint density at radius 2 is 1.29 bits per heavy atom. The normalized spacial score (nSPS) is 11.0. The molecule has 0 fully saturated rings. The molecule has 0 aliphatic rings. The van der Waals surface area contributed by atoms with Crippen molar-refractivity contribution < 1.29 is 19.1 Å². The molecule has 0 rings (SSSR count). The molecule has 0 aromatic rings. The van der Waals surface area contributed by atoms with Crippen molar-refractivity contribution in [1.29, 1.82) is 0 Å². The maximum absolute atomic E-state index is 11.1. The molecule has 0 saturated carbocycles. The van der Waals surface area contributed by atoms with Gasteiger partial charge in [-0.1, -0.05) is 70.4 Å². The van der Waals surface area contributed by atoms with Crippen molar-refractivity contribution in [2.24, 2.45) is 0 Å². The van der Waals surface area contributed by atoms with Crippen molar-refractivity contribution >= 4 is 66.0 Å². The Bertz CT molecular complexity index is 299. The fraction of sp³-hybridized carbons (Fsp3) is 0.833. The first-order valence-electron chi connectivity index (χ1n) is 9.20. The third kappa shape index (κ3) is 23.2. The van der Waals surface area contributed by atoms with E-state index in [4.69, 9.17) is 9.79 Å². The van der Waals surface area contributed by atoms with Crippen LogP contribution >= 0.6 is 8.60 Å². The molecule has 0 radical (unpaired) electrons. The summed E-state index contributed by atoms with van der Waals surface area (Å²) in [6.07, 6.45) is 20.7. The third-order valence-electron chi connectivity index (χ3n) is 3.83. The van der Waals surface area contributed by atoms with Crippen LogP contribution in [0.5, 0.6) is 0 Å². The van der Waals surface area contributed by atoms with E-state index < -0.39 is 14.6 Å². The van der Waals surface area contributed by atoms with Crippen LogP contribution in [-0.4, -0.2) is 67.1 Å². The van der Waals surface area contributed by atoms with Crippen LogP contribution < -0.4 is 0 Å². The van der Waals surface area contributed by atoms with E-state index in [2.05, 4.69) is 23.6 Å². The number of hydrogen-bond donors (Lipinski definition) is 2. The Morgan fingerprint density at radius 3 is 1.79 bits per heavy atom. The van der Waals surface area contributed by atoms with Crippen LogP contribution in [0.3, 0.4) is 0 Å². The van der Waals surface area contributed by atoms with Crippen LogP contribution in [0.15, 0.2) is 12.2 Å². The summed E-state index contributed by atoms with van der Waals surface area (Å²) in [5.41, 5.74) is 0. The molecule has 0 aliphatic heterocycles. The second-order valence-electron chi connectivity index (χ2n) is 6.05. The molecule has 0 saturated heterocycles. The Morgan fingerprint density at radius 1 is 0.833 bits per heavy atom. The van der Waals surface area contributed by atoms with Gasteiger partial charge < -0.3 is 14.3 Å². The van der Waals surface area contributed by atoms with Crippen molar-refractivity contribution in [3.05, 3.63) is 12.2 Å². The number of carbonyl (C=O) groups is 1. The molecule has 6 heteroatoms. The summed E-state index contributed by atoms with van der Waals surface area (Å²) in [7, 11) is -2.54. The topological polar surface area (TPSA) is 66.8 Å². The molecule has 0 heterocycles. The Labute approximate surface area is 192 Å². The van der Waals surface area contributed by atoms with Crippen LogP contribution in [0.25, 0.3) is 0 Å². The van der Waals surface area contributed by atoms with Crippen LogP contribution in [0.2, 0.25) is 0 Å². The van der Waals surface area contributed by atoms with Gasteiger partial charge in [-0.15, -0.1) is 0 Å². The van der Waals surface area contributed by atoms with Crippen LogP contribution in [-0.2, 0) is 9.32 Å². The average Bonchev–Trinajstić information content (AvgIpc) is 2.50. The molecule has 0 spiro atoms. The Balaban J connectivity index is 0. The maximum atomic E-state index is 11.1. The van der Waals surface area contributed by atoms with E-state index in [1.54, 1.807) is 0 Å². The van der Waals surface area contributed by atoms with E-state index in [1.807, 2.05) is 0 Å². The monoisotopic (exact) mass is 386 g/mol. The van der Waals surface area contributed by atoms with E-state index in [-0.39, 0.29) is 57.8 Å². The second-order valence-corrected chi connectivity index (χ2v) is 6.74. The van der Waals surface area contributed by atoms with Gasteiger partial charge in [0, 0.05) is 6.42 Å². The molecule has 24 heavy (non-hydrogen) atoms. The molecule has 2 N–H and O–H groups in total. The van der Waals surface area contributed by atoms with Crippen molar-refractivity contribution in [1.82, 2.24) is 0 Å². The molecule has 0 atom stereocenters. The van der Waals surface area contributed by atoms with Gasteiger partial charge in [0.2, 0.25) is 0 Å². The van der Waals surface area contributed by atoms with Gasteiger partial charge in [0.25, 0.3) is 0 Å². The third-order valence-corrected chi connectivity index (χ3v) is 4.19. The van der Waals surface area contributed by atoms with Gasteiger partial charge in [0.05, 0.1) is 0 Å². The molecule has 138 valence electrons. The minimum absolute atomic E-state index is 0. The number of carbonyl (C=O) groups excluding carboxylic acids is 1. The van der Waals surface area contributed by atoms with Crippen LogP contribution in [0, 0.1) is 0 Å². The molecular formula is C18H36KO4P.